The van der Waals surface area contributed by atoms with Gasteiger partial charge in [0.25, 0.3) is 0 Å². The van der Waals surface area contributed by atoms with Gasteiger partial charge < -0.3 is 10.6 Å². The Hall–Kier alpha value is -1.11. The summed E-state index contributed by atoms with van der Waals surface area (Å²) in [6.07, 6.45) is 1.01. The lowest BCUT2D eigenvalue weighted by Crippen LogP contribution is -2.48. The summed E-state index contributed by atoms with van der Waals surface area (Å²) in [5, 5.41) is 7.63. The molecule has 0 spiro atoms. The summed E-state index contributed by atoms with van der Waals surface area (Å²) in [4.78, 5) is 0. The Balaban J connectivity index is 2.29. The zero-order chi connectivity index (χ0) is 13.4. The van der Waals surface area contributed by atoms with Crippen LogP contribution in [0.2, 0.25) is 5.02 Å². The van der Waals surface area contributed by atoms with Gasteiger partial charge in [-0.3, -0.25) is 10.9 Å². The first-order chi connectivity index (χ1) is 8.61. The highest BCUT2D eigenvalue weighted by Gasteiger charge is 1.98. The molecule has 0 aliphatic heterocycles. The molecule has 0 radical (unpaired) electrons. The first kappa shape index (κ1) is 14.9. The van der Waals surface area contributed by atoms with Crippen LogP contribution in [0.3, 0.4) is 0 Å². The molecule has 0 saturated heterocycles. The van der Waals surface area contributed by atoms with Crippen molar-refractivity contribution in [2.24, 2.45) is 0 Å². The molecule has 0 heterocycles. The maximum Gasteiger partial charge on any atom is 0.189 e. The van der Waals surface area contributed by atoms with Gasteiger partial charge in [0, 0.05) is 17.3 Å². The summed E-state index contributed by atoms with van der Waals surface area (Å²) in [6, 6.07) is 7.24. The predicted octanol–water partition coefficient (Wildman–Crippen LogP) is 2.42. The van der Waals surface area contributed by atoms with Gasteiger partial charge in [-0.05, 0) is 55.1 Å². The third-order valence-corrected chi connectivity index (χ3v) is 2.63. The molecule has 4 N–H and O–H groups in total. The van der Waals surface area contributed by atoms with Crippen molar-refractivity contribution >= 4 is 51.9 Å². The molecule has 7 heteroatoms. The Bertz CT molecular complexity index is 408. The molecule has 0 atom stereocenters. The molecule has 1 rings (SSSR count). The fourth-order valence-electron chi connectivity index (χ4n) is 1.09. The van der Waals surface area contributed by atoms with Crippen molar-refractivity contribution in [3.63, 3.8) is 0 Å². The van der Waals surface area contributed by atoms with E-state index in [1.165, 1.54) is 0 Å². The highest BCUT2D eigenvalue weighted by Crippen LogP contribution is 2.12. The van der Waals surface area contributed by atoms with Crippen molar-refractivity contribution in [3.8, 4) is 0 Å². The van der Waals surface area contributed by atoms with Gasteiger partial charge in [0.15, 0.2) is 10.2 Å². The Morgan fingerprint density at radius 3 is 2.33 bits per heavy atom. The van der Waals surface area contributed by atoms with Gasteiger partial charge in [0.2, 0.25) is 0 Å². The molecule has 98 valence electrons. The van der Waals surface area contributed by atoms with Crippen LogP contribution in [-0.4, -0.2) is 16.8 Å². The monoisotopic (exact) mass is 302 g/mol. The fraction of sp³-hybridized carbons (Fsp3) is 0.273. The minimum atomic E-state index is 0.429. The number of hydrogen-bond acceptors (Lipinski definition) is 2. The van der Waals surface area contributed by atoms with Gasteiger partial charge in [0.1, 0.15) is 0 Å². The van der Waals surface area contributed by atoms with Gasteiger partial charge in [-0.2, -0.15) is 0 Å². The average molecular weight is 303 g/mol. The van der Waals surface area contributed by atoms with Crippen LogP contribution in [-0.2, 0) is 0 Å². The van der Waals surface area contributed by atoms with Gasteiger partial charge in [0.05, 0.1) is 0 Å². The topological polar surface area (TPSA) is 48.1 Å². The van der Waals surface area contributed by atoms with Crippen molar-refractivity contribution in [1.29, 1.82) is 0 Å². The molecule has 0 aromatic heterocycles. The van der Waals surface area contributed by atoms with Gasteiger partial charge in [-0.25, -0.2) is 0 Å². The molecule has 4 nitrogen and oxygen atoms in total. The normalized spacial score (nSPS) is 9.44. The number of rotatable bonds is 3. The highest BCUT2D eigenvalue weighted by molar-refractivity contribution is 7.80. The summed E-state index contributed by atoms with van der Waals surface area (Å²) in [5.41, 5.74) is 6.43. The smallest absolute Gasteiger partial charge is 0.189 e. The molecular formula is C11H15ClN4S2. The zero-order valence-corrected chi connectivity index (χ0v) is 12.3. The summed E-state index contributed by atoms with van der Waals surface area (Å²) >= 11 is 15.9. The quantitative estimate of drug-likeness (QED) is 0.508. The predicted molar refractivity (Wildman–Crippen MR) is 84.8 cm³/mol. The van der Waals surface area contributed by atoms with Crippen LogP contribution in [0.25, 0.3) is 0 Å². The second-order valence-corrected chi connectivity index (χ2v) is 4.72. The molecule has 1 aromatic rings. The molecule has 0 saturated carbocycles. The number of benzene rings is 1. The van der Waals surface area contributed by atoms with E-state index in [-0.39, 0.29) is 0 Å². The number of nitrogens with one attached hydrogen (secondary N) is 4. The number of hydrogen-bond donors (Lipinski definition) is 4. The van der Waals surface area contributed by atoms with Crippen molar-refractivity contribution in [1.82, 2.24) is 16.2 Å². The minimum absolute atomic E-state index is 0.429. The second kappa shape index (κ2) is 8.07. The molecule has 1 aromatic carbocycles. The van der Waals surface area contributed by atoms with Crippen LogP contribution >= 0.6 is 36.0 Å². The van der Waals surface area contributed by atoms with Crippen LogP contribution in [0.15, 0.2) is 24.3 Å². The first-order valence-corrected chi connectivity index (χ1v) is 6.67. The SMILES string of the molecule is CCCNC(=S)NNC(=S)Nc1ccc(Cl)cc1. The van der Waals surface area contributed by atoms with Crippen LogP contribution in [0.5, 0.6) is 0 Å². The lowest BCUT2D eigenvalue weighted by atomic mass is 10.3. The molecule has 0 aliphatic carbocycles. The summed E-state index contributed by atoms with van der Waals surface area (Å²) in [7, 11) is 0. The molecule has 0 amide bonds. The van der Waals surface area contributed by atoms with Gasteiger partial charge in [-0.15, -0.1) is 0 Å². The number of hydrazine groups is 1. The molecular weight excluding hydrogens is 288 g/mol. The lowest BCUT2D eigenvalue weighted by Gasteiger charge is -2.13. The number of anilines is 1. The van der Waals surface area contributed by atoms with Crippen LogP contribution < -0.4 is 21.5 Å². The molecule has 0 bridgehead atoms. The minimum Gasteiger partial charge on any atom is -0.361 e. The van der Waals surface area contributed by atoms with Crippen molar-refractivity contribution < 1.29 is 0 Å². The third kappa shape index (κ3) is 6.00. The standard InChI is InChI=1S/C11H15ClN4S2/c1-2-7-13-10(17)15-16-11(18)14-9-5-3-8(12)4-6-9/h3-6H,2,7H2,1H3,(H2,13,15,17)(H2,14,16,18). The Kier molecular flexibility index (Phi) is 6.70. The van der Waals surface area contributed by atoms with Crippen molar-refractivity contribution in [3.05, 3.63) is 29.3 Å². The van der Waals surface area contributed by atoms with E-state index in [4.69, 9.17) is 36.0 Å². The third-order valence-electron chi connectivity index (χ3n) is 1.93. The largest absolute Gasteiger partial charge is 0.361 e. The van der Waals surface area contributed by atoms with E-state index in [1.54, 1.807) is 12.1 Å². The average Bonchev–Trinajstić information content (AvgIpc) is 2.36. The Labute approximate surface area is 122 Å². The Morgan fingerprint density at radius 1 is 1.11 bits per heavy atom. The maximum atomic E-state index is 5.79. The van der Waals surface area contributed by atoms with Crippen molar-refractivity contribution in [2.75, 3.05) is 11.9 Å². The van der Waals surface area contributed by atoms with E-state index in [0.717, 1.165) is 18.7 Å². The fourth-order valence-corrected chi connectivity index (χ4v) is 1.54. The highest BCUT2D eigenvalue weighted by atomic mass is 35.5. The lowest BCUT2D eigenvalue weighted by molar-refractivity contribution is 0.784. The van der Waals surface area contributed by atoms with Crippen molar-refractivity contribution in [2.45, 2.75) is 13.3 Å². The molecule has 18 heavy (non-hydrogen) atoms. The molecule has 0 aliphatic rings. The molecule has 0 fully saturated rings. The van der Waals surface area contributed by atoms with E-state index >= 15 is 0 Å². The first-order valence-electron chi connectivity index (χ1n) is 5.48. The maximum absolute atomic E-state index is 5.79. The van der Waals surface area contributed by atoms with E-state index in [9.17, 15) is 0 Å². The summed E-state index contributed by atoms with van der Waals surface area (Å²) < 4.78 is 0. The van der Waals surface area contributed by atoms with Crippen LogP contribution in [0, 0.1) is 0 Å². The van der Waals surface area contributed by atoms with Gasteiger partial charge >= 0.3 is 0 Å². The van der Waals surface area contributed by atoms with E-state index in [2.05, 4.69) is 28.4 Å². The summed E-state index contributed by atoms with van der Waals surface area (Å²) in [5.74, 6) is 0. The zero-order valence-electron chi connectivity index (χ0n) is 9.92. The molecule has 0 unspecified atom stereocenters. The summed E-state index contributed by atoms with van der Waals surface area (Å²) in [6.45, 7) is 2.89. The van der Waals surface area contributed by atoms with Gasteiger partial charge in [-0.1, -0.05) is 18.5 Å². The second-order valence-electron chi connectivity index (χ2n) is 3.47. The van der Waals surface area contributed by atoms with E-state index in [0.29, 0.717) is 15.2 Å². The van der Waals surface area contributed by atoms with E-state index < -0.39 is 0 Å². The number of halogens is 1. The Morgan fingerprint density at radius 2 is 1.72 bits per heavy atom. The number of thiocarbonyl (C=S) groups is 2. The van der Waals surface area contributed by atoms with E-state index in [1.807, 2.05) is 12.1 Å². The van der Waals surface area contributed by atoms with Crippen LogP contribution in [0.1, 0.15) is 13.3 Å². The van der Waals surface area contributed by atoms with Crippen LogP contribution in [0.4, 0.5) is 5.69 Å².